The van der Waals surface area contributed by atoms with Crippen molar-refractivity contribution in [2.45, 2.75) is 25.1 Å². The van der Waals surface area contributed by atoms with Crippen LogP contribution in [0.1, 0.15) is 12.8 Å². The van der Waals surface area contributed by atoms with Gasteiger partial charge in [-0.15, -0.1) is 0 Å². The van der Waals surface area contributed by atoms with Crippen LogP contribution in [-0.4, -0.2) is 55.0 Å². The number of hydrogen-bond donors (Lipinski definition) is 2. The molecule has 0 aromatic rings. The lowest BCUT2D eigenvalue weighted by molar-refractivity contribution is -0.201. The highest BCUT2D eigenvalue weighted by Gasteiger charge is 2.37. The molecule has 1 unspecified atom stereocenters. The summed E-state index contributed by atoms with van der Waals surface area (Å²) in [6.45, 7) is 2.89. The molecule has 1 aliphatic heterocycles. The second kappa shape index (κ2) is 5.67. The summed E-state index contributed by atoms with van der Waals surface area (Å²) in [6, 6.07) is 0. The van der Waals surface area contributed by atoms with Gasteiger partial charge in [-0.3, -0.25) is 0 Å². The Kier molecular flexibility index (Phi) is 4.82. The number of nitrogens with zero attached hydrogens (tertiary/aromatic N) is 1. The third-order valence-electron chi connectivity index (χ3n) is 2.52. The molecule has 90 valence electrons. The standard InChI is InChI=1S/C9H17F3N2O/c10-9(11,12)8(15)7-13-3-6-14-4-1-2-5-14/h8,13,15H,1-7H2. The highest BCUT2D eigenvalue weighted by atomic mass is 19.4. The highest BCUT2D eigenvalue weighted by Crippen LogP contribution is 2.19. The molecule has 3 nitrogen and oxygen atoms in total. The van der Waals surface area contributed by atoms with E-state index < -0.39 is 18.8 Å². The number of alkyl halides is 3. The Morgan fingerprint density at radius 3 is 2.40 bits per heavy atom. The molecular weight excluding hydrogens is 209 g/mol. The molecular formula is C9H17F3N2O. The van der Waals surface area contributed by atoms with Crippen LogP contribution in [0.15, 0.2) is 0 Å². The number of likely N-dealkylation sites (tertiary alicyclic amines) is 1. The lowest BCUT2D eigenvalue weighted by atomic mass is 10.3. The second-order valence-electron chi connectivity index (χ2n) is 3.81. The van der Waals surface area contributed by atoms with Crippen LogP contribution in [-0.2, 0) is 0 Å². The quantitative estimate of drug-likeness (QED) is 0.674. The summed E-state index contributed by atoms with van der Waals surface area (Å²) in [4.78, 5) is 2.20. The summed E-state index contributed by atoms with van der Waals surface area (Å²) in [6.07, 6.45) is -4.42. The molecule has 1 atom stereocenters. The first-order chi connectivity index (χ1) is 7.00. The molecule has 2 N–H and O–H groups in total. The third-order valence-corrected chi connectivity index (χ3v) is 2.52. The Balaban J connectivity index is 2.01. The van der Waals surface area contributed by atoms with E-state index in [9.17, 15) is 13.2 Å². The normalized spacial score (nSPS) is 20.8. The largest absolute Gasteiger partial charge is 0.415 e. The molecule has 0 bridgehead atoms. The lowest BCUT2D eigenvalue weighted by Gasteiger charge is -2.17. The zero-order valence-electron chi connectivity index (χ0n) is 8.56. The van der Waals surface area contributed by atoms with Gasteiger partial charge in [0.15, 0.2) is 6.10 Å². The molecule has 0 saturated carbocycles. The van der Waals surface area contributed by atoms with Gasteiger partial charge in [-0.2, -0.15) is 13.2 Å². The molecule has 0 radical (unpaired) electrons. The molecule has 6 heteroatoms. The van der Waals surface area contributed by atoms with Gasteiger partial charge in [-0.25, -0.2) is 0 Å². The highest BCUT2D eigenvalue weighted by molar-refractivity contribution is 4.70. The van der Waals surface area contributed by atoms with Crippen LogP contribution in [0.2, 0.25) is 0 Å². The fourth-order valence-corrected chi connectivity index (χ4v) is 1.60. The van der Waals surface area contributed by atoms with E-state index in [0.29, 0.717) is 6.54 Å². The van der Waals surface area contributed by atoms with Crippen LogP contribution in [0.4, 0.5) is 13.2 Å². The Morgan fingerprint density at radius 1 is 1.27 bits per heavy atom. The smallest absolute Gasteiger partial charge is 0.382 e. The van der Waals surface area contributed by atoms with E-state index >= 15 is 0 Å². The minimum absolute atomic E-state index is 0.419. The molecule has 1 heterocycles. The minimum Gasteiger partial charge on any atom is -0.382 e. The predicted molar refractivity (Wildman–Crippen MR) is 50.6 cm³/mol. The van der Waals surface area contributed by atoms with Crippen molar-refractivity contribution in [2.75, 3.05) is 32.7 Å². The SMILES string of the molecule is OC(CNCCN1CCCC1)C(F)(F)F. The maximum atomic E-state index is 11.9. The van der Waals surface area contributed by atoms with Crippen molar-refractivity contribution in [3.63, 3.8) is 0 Å². The van der Waals surface area contributed by atoms with Crippen LogP contribution >= 0.6 is 0 Å². The Hall–Kier alpha value is -0.330. The number of halogens is 3. The van der Waals surface area contributed by atoms with E-state index in [4.69, 9.17) is 5.11 Å². The van der Waals surface area contributed by atoms with E-state index in [2.05, 4.69) is 10.2 Å². The van der Waals surface area contributed by atoms with Gasteiger partial charge in [0.25, 0.3) is 0 Å². The average Bonchev–Trinajstić information content (AvgIpc) is 2.63. The molecule has 0 aliphatic carbocycles. The summed E-state index contributed by atoms with van der Waals surface area (Å²) in [5.41, 5.74) is 0. The van der Waals surface area contributed by atoms with Gasteiger partial charge in [0.1, 0.15) is 0 Å². The Bertz CT molecular complexity index is 181. The van der Waals surface area contributed by atoms with Crippen molar-refractivity contribution in [1.29, 1.82) is 0 Å². The zero-order valence-corrected chi connectivity index (χ0v) is 8.56. The molecule has 0 amide bonds. The fraction of sp³-hybridized carbons (Fsp3) is 1.00. The summed E-state index contributed by atoms with van der Waals surface area (Å²) in [5.74, 6) is 0. The minimum atomic E-state index is -4.51. The Labute approximate surface area is 87.3 Å². The van der Waals surface area contributed by atoms with Gasteiger partial charge >= 0.3 is 6.18 Å². The molecule has 15 heavy (non-hydrogen) atoms. The van der Waals surface area contributed by atoms with Gasteiger partial charge in [0, 0.05) is 19.6 Å². The predicted octanol–water partition coefficient (Wildman–Crippen LogP) is 0.595. The van der Waals surface area contributed by atoms with Gasteiger partial charge in [-0.1, -0.05) is 0 Å². The first-order valence-corrected chi connectivity index (χ1v) is 5.18. The molecule has 1 aliphatic rings. The van der Waals surface area contributed by atoms with Crippen LogP contribution in [0.3, 0.4) is 0 Å². The van der Waals surface area contributed by atoms with Gasteiger partial charge in [-0.05, 0) is 25.9 Å². The maximum Gasteiger partial charge on any atom is 0.415 e. The number of rotatable bonds is 5. The number of nitrogens with one attached hydrogen (secondary N) is 1. The van der Waals surface area contributed by atoms with Gasteiger partial charge < -0.3 is 15.3 Å². The van der Waals surface area contributed by atoms with Crippen LogP contribution in [0.5, 0.6) is 0 Å². The summed E-state index contributed by atoms with van der Waals surface area (Å²) in [5, 5.41) is 11.3. The van der Waals surface area contributed by atoms with Crippen LogP contribution < -0.4 is 5.32 Å². The lowest BCUT2D eigenvalue weighted by Crippen LogP contribution is -2.40. The van der Waals surface area contributed by atoms with Crippen molar-refractivity contribution in [1.82, 2.24) is 10.2 Å². The summed E-state index contributed by atoms with van der Waals surface area (Å²) < 4.78 is 35.6. The zero-order chi connectivity index (χ0) is 11.3. The molecule has 1 saturated heterocycles. The molecule has 0 aromatic heterocycles. The summed E-state index contributed by atoms with van der Waals surface area (Å²) in [7, 11) is 0. The van der Waals surface area contributed by atoms with Crippen LogP contribution in [0.25, 0.3) is 0 Å². The van der Waals surface area contributed by atoms with E-state index in [1.54, 1.807) is 0 Å². The van der Waals surface area contributed by atoms with E-state index in [0.717, 1.165) is 19.6 Å². The average molecular weight is 226 g/mol. The second-order valence-corrected chi connectivity index (χ2v) is 3.81. The van der Waals surface area contributed by atoms with Crippen molar-refractivity contribution >= 4 is 0 Å². The number of hydrogen-bond acceptors (Lipinski definition) is 3. The first kappa shape index (κ1) is 12.7. The first-order valence-electron chi connectivity index (χ1n) is 5.18. The molecule has 1 fully saturated rings. The van der Waals surface area contributed by atoms with Crippen molar-refractivity contribution < 1.29 is 18.3 Å². The molecule has 0 aromatic carbocycles. The monoisotopic (exact) mass is 226 g/mol. The van der Waals surface area contributed by atoms with E-state index in [1.807, 2.05) is 0 Å². The molecule has 0 spiro atoms. The fourth-order valence-electron chi connectivity index (χ4n) is 1.60. The van der Waals surface area contributed by atoms with Crippen LogP contribution in [0, 0.1) is 0 Å². The van der Waals surface area contributed by atoms with Gasteiger partial charge in [0.2, 0.25) is 0 Å². The third kappa shape index (κ3) is 4.81. The Morgan fingerprint density at radius 2 is 1.87 bits per heavy atom. The maximum absolute atomic E-state index is 11.9. The number of aliphatic hydroxyl groups excluding tert-OH is 1. The van der Waals surface area contributed by atoms with Crippen molar-refractivity contribution in [3.8, 4) is 0 Å². The molecule has 1 rings (SSSR count). The van der Waals surface area contributed by atoms with Crippen molar-refractivity contribution in [2.24, 2.45) is 0 Å². The van der Waals surface area contributed by atoms with E-state index in [1.165, 1.54) is 12.8 Å². The number of aliphatic hydroxyl groups is 1. The summed E-state index contributed by atoms with van der Waals surface area (Å²) >= 11 is 0. The van der Waals surface area contributed by atoms with Gasteiger partial charge in [0.05, 0.1) is 0 Å². The van der Waals surface area contributed by atoms with E-state index in [-0.39, 0.29) is 0 Å². The topological polar surface area (TPSA) is 35.5 Å². The van der Waals surface area contributed by atoms with Crippen molar-refractivity contribution in [3.05, 3.63) is 0 Å².